The van der Waals surface area contributed by atoms with Gasteiger partial charge in [-0.3, -0.25) is 9.88 Å². The van der Waals surface area contributed by atoms with Crippen LogP contribution in [-0.4, -0.2) is 46.0 Å². The number of aromatic nitrogens is 3. The Kier molecular flexibility index (Phi) is 5.28. The zero-order valence-corrected chi connectivity index (χ0v) is 18.6. The zero-order chi connectivity index (χ0) is 21.4. The van der Waals surface area contributed by atoms with Crippen LogP contribution in [0.3, 0.4) is 0 Å². The van der Waals surface area contributed by atoms with Gasteiger partial charge < -0.3 is 4.90 Å². The molecule has 3 heterocycles. The molecule has 0 N–H and O–H groups in total. The standard InChI is InChI=1S/C26H29N5/c1-18-14-23-20(3)28-26(29-25(23)15-19(18)2)31-11-5-10-30(12-13-31)17-21-7-8-24-22(16-21)6-4-9-27-24/h4,6-9,14-16H,5,10-13,17H2,1-3H3. The Hall–Kier alpha value is -3.05. The van der Waals surface area contributed by atoms with Gasteiger partial charge >= 0.3 is 0 Å². The molecule has 4 aromatic rings. The van der Waals surface area contributed by atoms with Crippen molar-refractivity contribution in [2.45, 2.75) is 33.7 Å². The van der Waals surface area contributed by atoms with Crippen molar-refractivity contribution in [1.82, 2.24) is 19.9 Å². The normalized spacial score (nSPS) is 15.5. The van der Waals surface area contributed by atoms with Crippen LogP contribution in [-0.2, 0) is 6.54 Å². The third-order valence-electron chi connectivity index (χ3n) is 6.43. The van der Waals surface area contributed by atoms with Crippen molar-refractivity contribution in [3.8, 4) is 0 Å². The van der Waals surface area contributed by atoms with E-state index in [2.05, 4.69) is 72.0 Å². The highest BCUT2D eigenvalue weighted by Crippen LogP contribution is 2.24. The van der Waals surface area contributed by atoms with Crippen LogP contribution >= 0.6 is 0 Å². The molecule has 0 aliphatic carbocycles. The first-order valence-electron chi connectivity index (χ1n) is 11.1. The van der Waals surface area contributed by atoms with Gasteiger partial charge in [-0.2, -0.15) is 0 Å². The third-order valence-corrected chi connectivity index (χ3v) is 6.43. The van der Waals surface area contributed by atoms with Crippen molar-refractivity contribution in [1.29, 1.82) is 0 Å². The number of anilines is 1. The fourth-order valence-corrected chi connectivity index (χ4v) is 4.48. The number of hydrogen-bond acceptors (Lipinski definition) is 5. The Bertz CT molecular complexity index is 1250. The summed E-state index contributed by atoms with van der Waals surface area (Å²) in [6.07, 6.45) is 2.97. The second-order valence-corrected chi connectivity index (χ2v) is 8.71. The summed E-state index contributed by atoms with van der Waals surface area (Å²) >= 11 is 0. The van der Waals surface area contributed by atoms with Crippen molar-refractivity contribution >= 4 is 27.8 Å². The summed E-state index contributed by atoms with van der Waals surface area (Å²) < 4.78 is 0. The smallest absolute Gasteiger partial charge is 0.226 e. The van der Waals surface area contributed by atoms with Gasteiger partial charge in [0, 0.05) is 49.7 Å². The summed E-state index contributed by atoms with van der Waals surface area (Å²) in [5.41, 5.74) is 7.09. The predicted octanol–water partition coefficient (Wildman–Crippen LogP) is 4.82. The van der Waals surface area contributed by atoms with Crippen LogP contribution in [0, 0.1) is 20.8 Å². The Balaban J connectivity index is 1.32. The second kappa shape index (κ2) is 8.23. The van der Waals surface area contributed by atoms with E-state index < -0.39 is 0 Å². The Labute approximate surface area is 183 Å². The number of aryl methyl sites for hydroxylation is 3. The minimum Gasteiger partial charge on any atom is -0.339 e. The van der Waals surface area contributed by atoms with Crippen molar-refractivity contribution in [2.75, 3.05) is 31.1 Å². The van der Waals surface area contributed by atoms with Crippen LogP contribution in [0.4, 0.5) is 5.95 Å². The lowest BCUT2D eigenvalue weighted by Crippen LogP contribution is -2.31. The Morgan fingerprint density at radius 2 is 1.71 bits per heavy atom. The fourth-order valence-electron chi connectivity index (χ4n) is 4.48. The quantitative estimate of drug-likeness (QED) is 0.484. The Morgan fingerprint density at radius 3 is 2.61 bits per heavy atom. The molecule has 0 unspecified atom stereocenters. The van der Waals surface area contributed by atoms with Gasteiger partial charge in [-0.05, 0) is 74.2 Å². The molecule has 2 aromatic heterocycles. The highest BCUT2D eigenvalue weighted by molar-refractivity contribution is 5.83. The molecule has 0 amide bonds. The van der Waals surface area contributed by atoms with Gasteiger partial charge in [-0.1, -0.05) is 12.1 Å². The van der Waals surface area contributed by atoms with E-state index in [1.807, 2.05) is 12.3 Å². The summed E-state index contributed by atoms with van der Waals surface area (Å²) in [5, 5.41) is 2.37. The highest BCUT2D eigenvalue weighted by atomic mass is 15.3. The van der Waals surface area contributed by atoms with E-state index in [0.29, 0.717) is 0 Å². The van der Waals surface area contributed by atoms with Gasteiger partial charge in [0.25, 0.3) is 0 Å². The van der Waals surface area contributed by atoms with Crippen molar-refractivity contribution in [3.63, 3.8) is 0 Å². The van der Waals surface area contributed by atoms with Gasteiger partial charge in [0.15, 0.2) is 0 Å². The topological polar surface area (TPSA) is 45.2 Å². The van der Waals surface area contributed by atoms with E-state index in [9.17, 15) is 0 Å². The lowest BCUT2D eigenvalue weighted by atomic mass is 10.1. The lowest BCUT2D eigenvalue weighted by molar-refractivity contribution is 0.285. The summed E-state index contributed by atoms with van der Waals surface area (Å²) in [7, 11) is 0. The number of fused-ring (bicyclic) bond motifs is 2. The first-order valence-corrected chi connectivity index (χ1v) is 11.1. The summed E-state index contributed by atoms with van der Waals surface area (Å²) in [6, 6.07) is 15.2. The minimum absolute atomic E-state index is 0.867. The maximum absolute atomic E-state index is 4.94. The second-order valence-electron chi connectivity index (χ2n) is 8.71. The van der Waals surface area contributed by atoms with Crippen LogP contribution in [0.5, 0.6) is 0 Å². The first kappa shape index (κ1) is 19.9. The number of rotatable bonds is 3. The molecule has 158 valence electrons. The van der Waals surface area contributed by atoms with E-state index in [4.69, 9.17) is 9.97 Å². The maximum Gasteiger partial charge on any atom is 0.226 e. The molecule has 1 saturated heterocycles. The van der Waals surface area contributed by atoms with E-state index in [-0.39, 0.29) is 0 Å². The molecule has 1 fully saturated rings. The first-order chi connectivity index (χ1) is 15.1. The molecule has 5 nitrogen and oxygen atoms in total. The number of pyridine rings is 1. The zero-order valence-electron chi connectivity index (χ0n) is 18.6. The predicted molar refractivity (Wildman–Crippen MR) is 128 cm³/mol. The monoisotopic (exact) mass is 411 g/mol. The number of hydrogen-bond donors (Lipinski definition) is 0. The molecule has 1 aliphatic rings. The maximum atomic E-state index is 4.94. The summed E-state index contributed by atoms with van der Waals surface area (Å²) in [6.45, 7) is 11.4. The van der Waals surface area contributed by atoms with E-state index in [1.54, 1.807) is 0 Å². The Morgan fingerprint density at radius 1 is 0.839 bits per heavy atom. The molecule has 0 radical (unpaired) electrons. The lowest BCUT2D eigenvalue weighted by Gasteiger charge is -2.23. The third kappa shape index (κ3) is 4.10. The number of benzene rings is 2. The van der Waals surface area contributed by atoms with Crippen LogP contribution in [0.1, 0.15) is 28.8 Å². The van der Waals surface area contributed by atoms with Crippen LogP contribution in [0.25, 0.3) is 21.8 Å². The summed E-state index contributed by atoms with van der Waals surface area (Å²) in [5.74, 6) is 0.867. The van der Waals surface area contributed by atoms with Gasteiger partial charge in [0.1, 0.15) is 0 Å². The molecule has 5 rings (SSSR count). The van der Waals surface area contributed by atoms with Crippen molar-refractivity contribution < 1.29 is 0 Å². The highest BCUT2D eigenvalue weighted by Gasteiger charge is 2.18. The van der Waals surface area contributed by atoms with Crippen LogP contribution in [0.2, 0.25) is 0 Å². The number of nitrogens with zero attached hydrogens (tertiary/aromatic N) is 5. The molecule has 0 atom stereocenters. The average molecular weight is 412 g/mol. The summed E-state index contributed by atoms with van der Waals surface area (Å²) in [4.78, 5) is 19.1. The molecule has 0 spiro atoms. The average Bonchev–Trinajstić information content (AvgIpc) is 3.00. The molecule has 5 heteroatoms. The molecule has 0 bridgehead atoms. The fraction of sp³-hybridized carbons (Fsp3) is 0.346. The van der Waals surface area contributed by atoms with E-state index in [1.165, 1.54) is 22.1 Å². The molecule has 0 saturated carbocycles. The largest absolute Gasteiger partial charge is 0.339 e. The van der Waals surface area contributed by atoms with E-state index >= 15 is 0 Å². The SMILES string of the molecule is Cc1cc2nc(N3CCCN(Cc4ccc5ncccc5c4)CC3)nc(C)c2cc1C. The van der Waals surface area contributed by atoms with Crippen molar-refractivity contribution in [2.24, 2.45) is 0 Å². The van der Waals surface area contributed by atoms with Crippen LogP contribution in [0.15, 0.2) is 48.7 Å². The van der Waals surface area contributed by atoms with Gasteiger partial charge in [-0.25, -0.2) is 9.97 Å². The molecule has 1 aliphatic heterocycles. The van der Waals surface area contributed by atoms with Gasteiger partial charge in [-0.15, -0.1) is 0 Å². The molecule has 31 heavy (non-hydrogen) atoms. The molecular weight excluding hydrogens is 382 g/mol. The van der Waals surface area contributed by atoms with Crippen LogP contribution < -0.4 is 4.90 Å². The molecule has 2 aromatic carbocycles. The minimum atomic E-state index is 0.867. The van der Waals surface area contributed by atoms with Gasteiger partial charge in [0.05, 0.1) is 16.7 Å². The van der Waals surface area contributed by atoms with E-state index in [0.717, 1.165) is 67.2 Å². The van der Waals surface area contributed by atoms with Gasteiger partial charge in [0.2, 0.25) is 5.95 Å². The molecular formula is C26H29N5. The van der Waals surface area contributed by atoms with Crippen molar-refractivity contribution in [3.05, 3.63) is 71.0 Å².